The summed E-state index contributed by atoms with van der Waals surface area (Å²) in [5.74, 6) is -0.857. The van der Waals surface area contributed by atoms with Crippen molar-refractivity contribution in [3.63, 3.8) is 0 Å². The lowest BCUT2D eigenvalue weighted by Crippen LogP contribution is -2.30. The second-order valence-electron chi connectivity index (χ2n) is 20.6. The highest BCUT2D eigenvalue weighted by atomic mass is 16.6. The van der Waals surface area contributed by atoms with Crippen molar-refractivity contribution in [1.82, 2.24) is 0 Å². The van der Waals surface area contributed by atoms with Crippen molar-refractivity contribution < 1.29 is 28.6 Å². The van der Waals surface area contributed by atoms with Crippen molar-refractivity contribution in [2.45, 2.75) is 348 Å². The highest BCUT2D eigenvalue weighted by Gasteiger charge is 2.19. The number of carbonyl (C=O) groups excluding carboxylic acids is 3. The van der Waals surface area contributed by atoms with Gasteiger partial charge in [-0.1, -0.05) is 296 Å². The molecule has 0 aliphatic rings. The Bertz CT molecular complexity index is 1040. The third-order valence-corrected chi connectivity index (χ3v) is 13.8. The lowest BCUT2D eigenvalue weighted by atomic mass is 10.0. The average molecular weight is 946 g/mol. The van der Waals surface area contributed by atoms with E-state index in [4.69, 9.17) is 14.2 Å². The van der Waals surface area contributed by atoms with Crippen LogP contribution in [0.1, 0.15) is 342 Å². The Morgan fingerprint density at radius 2 is 0.522 bits per heavy atom. The van der Waals surface area contributed by atoms with Crippen LogP contribution in [0.15, 0.2) is 12.2 Å². The highest BCUT2D eigenvalue weighted by Crippen LogP contribution is 2.18. The average Bonchev–Trinajstić information content (AvgIpc) is 3.33. The first-order valence-corrected chi connectivity index (χ1v) is 30.2. The van der Waals surface area contributed by atoms with E-state index in [0.29, 0.717) is 19.3 Å². The van der Waals surface area contributed by atoms with Crippen LogP contribution in [-0.2, 0) is 28.6 Å². The van der Waals surface area contributed by atoms with Crippen molar-refractivity contribution in [3.05, 3.63) is 12.2 Å². The molecule has 0 radical (unpaired) electrons. The van der Waals surface area contributed by atoms with Crippen molar-refractivity contribution >= 4 is 17.9 Å². The van der Waals surface area contributed by atoms with Gasteiger partial charge in [-0.15, -0.1) is 0 Å². The summed E-state index contributed by atoms with van der Waals surface area (Å²) in [6, 6.07) is 0. The van der Waals surface area contributed by atoms with Gasteiger partial charge in [0.25, 0.3) is 0 Å². The van der Waals surface area contributed by atoms with Crippen LogP contribution in [0.25, 0.3) is 0 Å². The summed E-state index contributed by atoms with van der Waals surface area (Å²) in [6.07, 6.45) is 65.2. The molecule has 0 bridgehead atoms. The van der Waals surface area contributed by atoms with Gasteiger partial charge in [0, 0.05) is 19.3 Å². The molecule has 1 unspecified atom stereocenters. The van der Waals surface area contributed by atoms with E-state index in [-0.39, 0.29) is 31.1 Å². The quantitative estimate of drug-likeness (QED) is 0.0262. The monoisotopic (exact) mass is 945 g/mol. The van der Waals surface area contributed by atoms with Crippen LogP contribution in [0.3, 0.4) is 0 Å². The molecule has 6 nitrogen and oxygen atoms in total. The Kier molecular flexibility index (Phi) is 55.2. The number of hydrogen-bond acceptors (Lipinski definition) is 6. The van der Waals surface area contributed by atoms with Gasteiger partial charge in [0.1, 0.15) is 13.2 Å². The van der Waals surface area contributed by atoms with Crippen molar-refractivity contribution in [2.75, 3.05) is 13.2 Å². The van der Waals surface area contributed by atoms with Crippen LogP contribution in [0, 0.1) is 0 Å². The standard InChI is InChI=1S/C61H116O6/c1-4-7-10-13-16-19-22-24-25-26-27-28-29-30-31-32-33-34-35-36-37-38-40-42-45-48-51-54-60(63)66-57-58(56-65-59(62)53-50-47-44-41-21-18-15-12-9-6-3)67-61(64)55-52-49-46-43-39-23-20-17-14-11-8-5-2/h12,15,58H,4-11,13-14,16-57H2,1-3H3/b15-12-. The van der Waals surface area contributed by atoms with Crippen LogP contribution < -0.4 is 0 Å². The van der Waals surface area contributed by atoms with E-state index >= 15 is 0 Å². The molecular formula is C61H116O6. The molecule has 0 aliphatic carbocycles. The Balaban J connectivity index is 4.06. The summed E-state index contributed by atoms with van der Waals surface area (Å²) in [4.78, 5) is 38.0. The first-order chi connectivity index (χ1) is 33.0. The summed E-state index contributed by atoms with van der Waals surface area (Å²) >= 11 is 0. The zero-order valence-electron chi connectivity index (χ0n) is 45.5. The Morgan fingerprint density at radius 3 is 0.806 bits per heavy atom. The predicted molar refractivity (Wildman–Crippen MR) is 289 cm³/mol. The van der Waals surface area contributed by atoms with Crippen LogP contribution in [0.4, 0.5) is 0 Å². The van der Waals surface area contributed by atoms with E-state index < -0.39 is 6.10 Å². The fraction of sp³-hybridized carbons (Fsp3) is 0.918. The second kappa shape index (κ2) is 56.7. The first kappa shape index (κ1) is 65.1. The number of esters is 3. The molecule has 0 aromatic heterocycles. The van der Waals surface area contributed by atoms with Crippen molar-refractivity contribution in [1.29, 1.82) is 0 Å². The number of hydrogen-bond donors (Lipinski definition) is 0. The van der Waals surface area contributed by atoms with Gasteiger partial charge in [-0.25, -0.2) is 0 Å². The molecule has 67 heavy (non-hydrogen) atoms. The van der Waals surface area contributed by atoms with E-state index in [0.717, 1.165) is 70.6 Å². The van der Waals surface area contributed by atoms with Crippen molar-refractivity contribution in [2.24, 2.45) is 0 Å². The predicted octanol–water partition coefficient (Wildman–Crippen LogP) is 20.1. The number of carbonyl (C=O) groups is 3. The first-order valence-electron chi connectivity index (χ1n) is 30.2. The Morgan fingerprint density at radius 1 is 0.284 bits per heavy atom. The fourth-order valence-electron chi connectivity index (χ4n) is 9.21. The minimum atomic E-state index is -0.766. The maximum Gasteiger partial charge on any atom is 0.306 e. The molecule has 0 amide bonds. The number of rotatable bonds is 56. The minimum absolute atomic E-state index is 0.0670. The third-order valence-electron chi connectivity index (χ3n) is 13.8. The Labute approximate surface area is 418 Å². The molecule has 1 atom stereocenters. The summed E-state index contributed by atoms with van der Waals surface area (Å²) in [5.41, 5.74) is 0. The summed E-state index contributed by atoms with van der Waals surface area (Å²) in [7, 11) is 0. The van der Waals surface area contributed by atoms with Crippen LogP contribution in [-0.4, -0.2) is 37.2 Å². The second-order valence-corrected chi connectivity index (χ2v) is 20.6. The smallest absolute Gasteiger partial charge is 0.306 e. The van der Waals surface area contributed by atoms with Gasteiger partial charge in [0.05, 0.1) is 0 Å². The highest BCUT2D eigenvalue weighted by molar-refractivity contribution is 5.71. The molecule has 396 valence electrons. The third kappa shape index (κ3) is 55.0. The normalized spacial score (nSPS) is 12.0. The molecule has 0 spiro atoms. The van der Waals surface area contributed by atoms with Gasteiger partial charge < -0.3 is 14.2 Å². The van der Waals surface area contributed by atoms with Crippen molar-refractivity contribution in [3.8, 4) is 0 Å². The molecule has 0 saturated heterocycles. The Hall–Kier alpha value is -1.85. The molecule has 0 heterocycles. The SMILES string of the molecule is CCC/C=C\CCCCCCCC(=O)OCC(COC(=O)CCCCCCCCCCCCCCCCCCCCCCCCCCCCC)OC(=O)CCCCCCCCCCCCCC. The van der Waals surface area contributed by atoms with E-state index in [1.165, 1.54) is 231 Å². The number of ether oxygens (including phenoxy) is 3. The van der Waals surface area contributed by atoms with Gasteiger partial charge in [0.15, 0.2) is 6.10 Å². The van der Waals surface area contributed by atoms with Crippen LogP contribution in [0.2, 0.25) is 0 Å². The van der Waals surface area contributed by atoms with Gasteiger partial charge in [-0.2, -0.15) is 0 Å². The zero-order valence-corrected chi connectivity index (χ0v) is 45.5. The van der Waals surface area contributed by atoms with Gasteiger partial charge in [-0.05, 0) is 38.5 Å². The maximum absolute atomic E-state index is 12.8. The number of unbranched alkanes of at least 4 members (excludes halogenated alkanes) is 43. The molecule has 0 aromatic rings. The lowest BCUT2D eigenvalue weighted by molar-refractivity contribution is -0.167. The zero-order chi connectivity index (χ0) is 48.6. The largest absolute Gasteiger partial charge is 0.462 e. The summed E-state index contributed by atoms with van der Waals surface area (Å²) in [5, 5.41) is 0. The molecular weight excluding hydrogens is 829 g/mol. The minimum Gasteiger partial charge on any atom is -0.462 e. The van der Waals surface area contributed by atoms with E-state index in [1.807, 2.05) is 0 Å². The molecule has 0 aliphatic heterocycles. The van der Waals surface area contributed by atoms with E-state index in [1.54, 1.807) is 0 Å². The summed E-state index contributed by atoms with van der Waals surface area (Å²) < 4.78 is 16.8. The summed E-state index contributed by atoms with van der Waals surface area (Å²) in [6.45, 7) is 6.62. The van der Waals surface area contributed by atoms with Gasteiger partial charge in [-0.3, -0.25) is 14.4 Å². The van der Waals surface area contributed by atoms with E-state index in [2.05, 4.69) is 32.9 Å². The van der Waals surface area contributed by atoms with Gasteiger partial charge >= 0.3 is 17.9 Å². The topological polar surface area (TPSA) is 78.9 Å². The molecule has 0 saturated carbocycles. The molecule has 0 fully saturated rings. The fourth-order valence-corrected chi connectivity index (χ4v) is 9.21. The van der Waals surface area contributed by atoms with E-state index in [9.17, 15) is 14.4 Å². The molecule has 6 heteroatoms. The molecule has 0 N–H and O–H groups in total. The number of allylic oxidation sites excluding steroid dienone is 2. The molecule has 0 aromatic carbocycles. The van der Waals surface area contributed by atoms with Crippen LogP contribution in [0.5, 0.6) is 0 Å². The van der Waals surface area contributed by atoms with Gasteiger partial charge in [0.2, 0.25) is 0 Å². The van der Waals surface area contributed by atoms with Crippen LogP contribution >= 0.6 is 0 Å². The molecule has 0 rings (SSSR count). The maximum atomic E-state index is 12.8. The lowest BCUT2D eigenvalue weighted by Gasteiger charge is -2.18.